The van der Waals surface area contributed by atoms with Gasteiger partial charge in [0.1, 0.15) is 0 Å². The zero-order valence-electron chi connectivity index (χ0n) is 10.5. The summed E-state index contributed by atoms with van der Waals surface area (Å²) >= 11 is 0. The molecule has 14 heavy (non-hydrogen) atoms. The lowest BCUT2D eigenvalue weighted by atomic mass is 9.92. The van der Waals surface area contributed by atoms with Crippen molar-refractivity contribution in [1.29, 1.82) is 0 Å². The first-order chi connectivity index (χ1) is 6.49. The van der Waals surface area contributed by atoms with Crippen molar-refractivity contribution < 1.29 is 0 Å². The molecule has 0 bridgehead atoms. The van der Waals surface area contributed by atoms with Gasteiger partial charge < -0.3 is 10.6 Å². The zero-order chi connectivity index (χ0) is 11.0. The van der Waals surface area contributed by atoms with Gasteiger partial charge in [-0.3, -0.25) is 0 Å². The van der Waals surface area contributed by atoms with Crippen molar-refractivity contribution in [2.45, 2.75) is 47.0 Å². The molecule has 0 rings (SSSR count). The maximum absolute atomic E-state index is 5.60. The second kappa shape index (κ2) is 7.24. The van der Waals surface area contributed by atoms with Gasteiger partial charge in [0.25, 0.3) is 0 Å². The molecular weight excluding hydrogens is 172 g/mol. The van der Waals surface area contributed by atoms with E-state index in [1.807, 2.05) is 0 Å². The molecule has 2 heteroatoms. The van der Waals surface area contributed by atoms with Gasteiger partial charge in [-0.15, -0.1) is 0 Å². The van der Waals surface area contributed by atoms with Crippen molar-refractivity contribution in [3.05, 3.63) is 0 Å². The molecule has 0 aliphatic rings. The fourth-order valence-electron chi connectivity index (χ4n) is 1.39. The number of nitrogens with zero attached hydrogens (tertiary/aromatic N) is 1. The van der Waals surface area contributed by atoms with E-state index in [1.165, 1.54) is 32.4 Å². The Morgan fingerprint density at radius 1 is 1.07 bits per heavy atom. The largest absolute Gasteiger partial charge is 0.329 e. The van der Waals surface area contributed by atoms with Crippen LogP contribution in [0.5, 0.6) is 0 Å². The summed E-state index contributed by atoms with van der Waals surface area (Å²) in [7, 11) is 0. The summed E-state index contributed by atoms with van der Waals surface area (Å²) in [5, 5.41) is 0. The van der Waals surface area contributed by atoms with E-state index >= 15 is 0 Å². The molecule has 0 aromatic heterocycles. The number of rotatable bonds is 7. The predicted molar refractivity (Wildman–Crippen MR) is 64.5 cm³/mol. The van der Waals surface area contributed by atoms with Crippen molar-refractivity contribution in [2.75, 3.05) is 26.2 Å². The quantitative estimate of drug-likeness (QED) is 0.684. The zero-order valence-corrected chi connectivity index (χ0v) is 10.5. The third-order valence-electron chi connectivity index (χ3n) is 2.45. The van der Waals surface area contributed by atoms with Crippen LogP contribution in [0.1, 0.15) is 47.0 Å². The van der Waals surface area contributed by atoms with E-state index in [9.17, 15) is 0 Å². The molecule has 0 aliphatic carbocycles. The van der Waals surface area contributed by atoms with Crippen molar-refractivity contribution in [3.8, 4) is 0 Å². The molecule has 0 saturated carbocycles. The van der Waals surface area contributed by atoms with Gasteiger partial charge in [0, 0.05) is 13.1 Å². The highest BCUT2D eigenvalue weighted by Crippen LogP contribution is 2.18. The summed E-state index contributed by atoms with van der Waals surface area (Å²) in [6.45, 7) is 13.4. The van der Waals surface area contributed by atoms with Gasteiger partial charge in [-0.1, -0.05) is 34.1 Å². The van der Waals surface area contributed by atoms with Gasteiger partial charge in [-0.2, -0.15) is 0 Å². The van der Waals surface area contributed by atoms with Crippen LogP contribution in [0.3, 0.4) is 0 Å². The maximum atomic E-state index is 5.60. The maximum Gasteiger partial charge on any atom is 0.0105 e. The minimum Gasteiger partial charge on any atom is -0.329 e. The van der Waals surface area contributed by atoms with Crippen molar-refractivity contribution in [3.63, 3.8) is 0 Å². The Morgan fingerprint density at radius 2 is 1.71 bits per heavy atom. The fraction of sp³-hybridized carbons (Fsp3) is 1.00. The predicted octanol–water partition coefficient (Wildman–Crippen LogP) is 2.48. The summed E-state index contributed by atoms with van der Waals surface area (Å²) < 4.78 is 0. The lowest BCUT2D eigenvalue weighted by Gasteiger charge is -2.26. The van der Waals surface area contributed by atoms with Gasteiger partial charge >= 0.3 is 0 Å². The van der Waals surface area contributed by atoms with Crippen LogP contribution < -0.4 is 5.73 Å². The molecule has 0 unspecified atom stereocenters. The van der Waals surface area contributed by atoms with Crippen LogP contribution in [0.2, 0.25) is 0 Å². The van der Waals surface area contributed by atoms with Crippen molar-refractivity contribution >= 4 is 0 Å². The Bertz CT molecular complexity index is 127. The number of hydrogen-bond donors (Lipinski definition) is 1. The minimum atomic E-state index is 0.444. The van der Waals surface area contributed by atoms with Gasteiger partial charge in [0.15, 0.2) is 0 Å². The lowest BCUT2D eigenvalue weighted by Crippen LogP contribution is -2.33. The summed E-state index contributed by atoms with van der Waals surface area (Å²) in [6, 6.07) is 0. The highest BCUT2D eigenvalue weighted by atomic mass is 15.1. The molecular formula is C12H28N2. The summed E-state index contributed by atoms with van der Waals surface area (Å²) in [5.41, 5.74) is 6.04. The first-order valence-electron chi connectivity index (χ1n) is 5.92. The SMILES string of the molecule is CCCCN(CCN)CCC(C)(C)C. The van der Waals surface area contributed by atoms with Crippen LogP contribution in [0, 0.1) is 5.41 Å². The molecule has 0 radical (unpaired) electrons. The van der Waals surface area contributed by atoms with Crippen LogP contribution in [-0.4, -0.2) is 31.1 Å². The number of nitrogens with two attached hydrogens (primary N) is 1. The second-order valence-corrected chi connectivity index (χ2v) is 5.29. The molecule has 0 fully saturated rings. The summed E-state index contributed by atoms with van der Waals surface area (Å²) in [4.78, 5) is 2.49. The van der Waals surface area contributed by atoms with Crippen molar-refractivity contribution in [1.82, 2.24) is 4.90 Å². The molecule has 0 aliphatic heterocycles. The normalized spacial score (nSPS) is 12.4. The number of unbranched alkanes of at least 4 members (excludes halogenated alkanes) is 1. The average molecular weight is 200 g/mol. The van der Waals surface area contributed by atoms with E-state index in [2.05, 4.69) is 32.6 Å². The van der Waals surface area contributed by atoms with Gasteiger partial charge in [-0.25, -0.2) is 0 Å². The first-order valence-corrected chi connectivity index (χ1v) is 5.92. The summed E-state index contributed by atoms with van der Waals surface area (Å²) in [6.07, 6.45) is 3.83. The second-order valence-electron chi connectivity index (χ2n) is 5.29. The topological polar surface area (TPSA) is 29.3 Å². The Hall–Kier alpha value is -0.0800. The van der Waals surface area contributed by atoms with Crippen molar-refractivity contribution in [2.24, 2.45) is 11.1 Å². The van der Waals surface area contributed by atoms with Gasteiger partial charge in [-0.05, 0) is 31.3 Å². The smallest absolute Gasteiger partial charge is 0.0105 e. The molecule has 0 spiro atoms. The van der Waals surface area contributed by atoms with Crippen LogP contribution in [0.25, 0.3) is 0 Å². The molecule has 0 atom stereocenters. The Morgan fingerprint density at radius 3 is 2.14 bits per heavy atom. The van der Waals surface area contributed by atoms with Crippen LogP contribution >= 0.6 is 0 Å². The Balaban J connectivity index is 3.72. The average Bonchev–Trinajstić information content (AvgIpc) is 2.08. The fourth-order valence-corrected chi connectivity index (χ4v) is 1.39. The van der Waals surface area contributed by atoms with Crippen LogP contribution in [0.4, 0.5) is 0 Å². The molecule has 86 valence electrons. The van der Waals surface area contributed by atoms with E-state index in [0.717, 1.165) is 13.1 Å². The molecule has 0 aromatic rings. The third kappa shape index (κ3) is 8.52. The summed E-state index contributed by atoms with van der Waals surface area (Å²) in [5.74, 6) is 0. The van der Waals surface area contributed by atoms with E-state index in [4.69, 9.17) is 5.73 Å². The minimum absolute atomic E-state index is 0.444. The first kappa shape index (κ1) is 13.9. The van der Waals surface area contributed by atoms with E-state index < -0.39 is 0 Å². The molecule has 0 amide bonds. The highest BCUT2D eigenvalue weighted by Gasteiger charge is 2.12. The highest BCUT2D eigenvalue weighted by molar-refractivity contribution is 4.66. The van der Waals surface area contributed by atoms with E-state index in [0.29, 0.717) is 5.41 Å². The lowest BCUT2D eigenvalue weighted by molar-refractivity contribution is 0.229. The van der Waals surface area contributed by atoms with Crippen LogP contribution in [0.15, 0.2) is 0 Å². The molecule has 2 N–H and O–H groups in total. The number of hydrogen-bond acceptors (Lipinski definition) is 2. The standard InChI is InChI=1S/C12H28N2/c1-5-6-9-14(11-8-13)10-7-12(2,3)4/h5-11,13H2,1-4H3. The molecule has 0 saturated heterocycles. The monoisotopic (exact) mass is 200 g/mol. The van der Waals surface area contributed by atoms with E-state index in [-0.39, 0.29) is 0 Å². The Kier molecular flexibility index (Phi) is 7.20. The van der Waals surface area contributed by atoms with Gasteiger partial charge in [0.2, 0.25) is 0 Å². The molecule has 0 aromatic carbocycles. The third-order valence-corrected chi connectivity index (χ3v) is 2.45. The van der Waals surface area contributed by atoms with E-state index in [1.54, 1.807) is 0 Å². The van der Waals surface area contributed by atoms with Crippen LogP contribution in [-0.2, 0) is 0 Å². The van der Waals surface area contributed by atoms with Gasteiger partial charge in [0.05, 0.1) is 0 Å². The molecule has 2 nitrogen and oxygen atoms in total. The Labute approximate surface area is 89.9 Å². The molecule has 0 heterocycles.